The van der Waals surface area contributed by atoms with Gasteiger partial charge in [-0.25, -0.2) is 9.78 Å². The van der Waals surface area contributed by atoms with Crippen molar-refractivity contribution in [2.75, 3.05) is 38.7 Å². The van der Waals surface area contributed by atoms with Crippen LogP contribution in [-0.4, -0.2) is 67.7 Å². The number of carbonyl (C=O) groups excluding carboxylic acids is 1. The molecule has 1 aromatic heterocycles. The summed E-state index contributed by atoms with van der Waals surface area (Å²) in [6.07, 6.45) is 6.79. The van der Waals surface area contributed by atoms with Crippen molar-refractivity contribution >= 4 is 35.1 Å². The first-order chi connectivity index (χ1) is 15.1. The second-order valence-corrected chi connectivity index (χ2v) is 7.47. The molecule has 2 N–H and O–H groups in total. The van der Waals surface area contributed by atoms with Gasteiger partial charge >= 0.3 is 6.03 Å². The number of benzene rings is 1. The quantitative estimate of drug-likeness (QED) is 0.504. The number of anilines is 1. The zero-order valence-corrected chi connectivity index (χ0v) is 18.2. The highest BCUT2D eigenvalue weighted by molar-refractivity contribution is 6.02. The molecule has 2 amide bonds. The smallest absolute Gasteiger partial charge is 0.323 e. The Labute approximate surface area is 183 Å². The molecule has 1 fully saturated rings. The Hall–Kier alpha value is -3.10. The van der Waals surface area contributed by atoms with Crippen molar-refractivity contribution < 1.29 is 9.53 Å². The Morgan fingerprint density at radius 3 is 2.84 bits per heavy atom. The molecular formula is C23H30N6O2. The van der Waals surface area contributed by atoms with Crippen LogP contribution >= 0.6 is 0 Å². The molecule has 31 heavy (non-hydrogen) atoms. The van der Waals surface area contributed by atoms with Crippen LogP contribution in [0.25, 0.3) is 10.8 Å². The number of likely N-dealkylation sites (tertiary alicyclic amines) is 1. The summed E-state index contributed by atoms with van der Waals surface area (Å²) in [5.41, 5.74) is 1.86. The molecule has 0 saturated carbocycles. The van der Waals surface area contributed by atoms with Crippen LogP contribution in [0, 0.1) is 0 Å². The second-order valence-electron chi connectivity index (χ2n) is 7.47. The third kappa shape index (κ3) is 6.44. The molecule has 1 aliphatic heterocycles. The molecule has 0 atom stereocenters. The number of fused-ring (bicyclic) bond motifs is 1. The van der Waals surface area contributed by atoms with Gasteiger partial charge in [-0.1, -0.05) is 12.1 Å². The van der Waals surface area contributed by atoms with Crippen LogP contribution in [0.3, 0.4) is 0 Å². The highest BCUT2D eigenvalue weighted by Gasteiger charge is 2.22. The van der Waals surface area contributed by atoms with Gasteiger partial charge in [-0.15, -0.1) is 0 Å². The molecule has 2 heterocycles. The van der Waals surface area contributed by atoms with Crippen LogP contribution < -0.4 is 10.6 Å². The van der Waals surface area contributed by atoms with E-state index in [2.05, 4.69) is 32.3 Å². The van der Waals surface area contributed by atoms with E-state index in [0.29, 0.717) is 18.5 Å². The van der Waals surface area contributed by atoms with E-state index in [4.69, 9.17) is 4.74 Å². The number of nitrogens with one attached hydrogen (secondary N) is 2. The van der Waals surface area contributed by atoms with E-state index in [0.717, 1.165) is 54.5 Å². The second kappa shape index (κ2) is 11.3. The van der Waals surface area contributed by atoms with Crippen LogP contribution in [0.1, 0.15) is 25.3 Å². The van der Waals surface area contributed by atoms with Crippen LogP contribution in [-0.2, 0) is 4.74 Å². The Morgan fingerprint density at radius 2 is 2.10 bits per heavy atom. The average Bonchev–Trinajstić information content (AvgIpc) is 2.79. The Bertz CT molecular complexity index is 964. The molecule has 0 bridgehead atoms. The molecule has 0 unspecified atom stereocenters. The zero-order chi connectivity index (χ0) is 22.1. The maximum absolute atomic E-state index is 12.7. The molecule has 164 valence electrons. The van der Waals surface area contributed by atoms with Crippen molar-refractivity contribution in [1.29, 1.82) is 0 Å². The predicted octanol–water partition coefficient (Wildman–Crippen LogP) is 3.45. The number of aliphatic imine (C=N–C) groups is 2. The van der Waals surface area contributed by atoms with E-state index >= 15 is 0 Å². The fourth-order valence-electron chi connectivity index (χ4n) is 3.54. The number of piperidine rings is 1. The Kier molecular flexibility index (Phi) is 8.26. The van der Waals surface area contributed by atoms with Gasteiger partial charge in [0.2, 0.25) is 0 Å². The largest absolute Gasteiger partial charge is 0.383 e. The Morgan fingerprint density at radius 1 is 1.29 bits per heavy atom. The van der Waals surface area contributed by atoms with Crippen LogP contribution in [0.15, 0.2) is 52.8 Å². The lowest BCUT2D eigenvalue weighted by molar-refractivity contribution is 0.174. The van der Waals surface area contributed by atoms with E-state index < -0.39 is 0 Å². The number of nitrogens with zero attached hydrogens (tertiary/aromatic N) is 4. The number of rotatable bonds is 8. The summed E-state index contributed by atoms with van der Waals surface area (Å²) in [6.45, 7) is 8.31. The van der Waals surface area contributed by atoms with Gasteiger partial charge < -0.3 is 15.0 Å². The molecule has 1 aromatic carbocycles. The summed E-state index contributed by atoms with van der Waals surface area (Å²) < 4.78 is 5.07. The number of aromatic nitrogens is 1. The molecule has 1 saturated heterocycles. The van der Waals surface area contributed by atoms with Crippen molar-refractivity contribution in [2.24, 2.45) is 9.98 Å². The number of amides is 2. The van der Waals surface area contributed by atoms with Crippen molar-refractivity contribution in [2.45, 2.75) is 25.8 Å². The molecule has 0 radical (unpaired) electrons. The normalized spacial score (nSPS) is 15.5. The SMILES string of the molecule is C=N/C=C\N=C(/C)c1ccc2cnc(NC(=O)N3CCC(NCCOC)CC3)cc2c1. The minimum absolute atomic E-state index is 0.113. The van der Waals surface area contributed by atoms with Crippen molar-refractivity contribution in [3.8, 4) is 0 Å². The van der Waals surface area contributed by atoms with Crippen LogP contribution in [0.4, 0.5) is 10.6 Å². The first-order valence-electron chi connectivity index (χ1n) is 10.4. The number of methoxy groups -OCH3 is 1. The van der Waals surface area contributed by atoms with Gasteiger partial charge in [0.1, 0.15) is 5.82 Å². The molecule has 2 aromatic rings. The summed E-state index contributed by atoms with van der Waals surface area (Å²) in [5.74, 6) is 0.542. The average molecular weight is 423 g/mol. The number of ether oxygens (including phenoxy) is 1. The maximum Gasteiger partial charge on any atom is 0.323 e. The molecule has 0 spiro atoms. The van der Waals surface area contributed by atoms with E-state index in [1.807, 2.05) is 36.1 Å². The van der Waals surface area contributed by atoms with E-state index in [9.17, 15) is 4.79 Å². The highest BCUT2D eigenvalue weighted by Crippen LogP contribution is 2.20. The fraction of sp³-hybridized carbons (Fsp3) is 0.391. The number of hydrogen-bond donors (Lipinski definition) is 2. The number of pyridine rings is 1. The van der Waals surface area contributed by atoms with Crippen molar-refractivity contribution in [3.63, 3.8) is 0 Å². The van der Waals surface area contributed by atoms with Gasteiger partial charge in [0.05, 0.1) is 6.61 Å². The minimum atomic E-state index is -0.113. The topological polar surface area (TPSA) is 91.2 Å². The summed E-state index contributed by atoms with van der Waals surface area (Å²) in [5, 5.41) is 8.39. The number of carbonyl (C=O) groups is 1. The van der Waals surface area contributed by atoms with E-state index in [1.165, 1.54) is 0 Å². The fourth-order valence-corrected chi connectivity index (χ4v) is 3.54. The molecule has 8 heteroatoms. The molecule has 0 aliphatic carbocycles. The lowest BCUT2D eigenvalue weighted by atomic mass is 10.1. The lowest BCUT2D eigenvalue weighted by Crippen LogP contribution is -2.47. The summed E-state index contributed by atoms with van der Waals surface area (Å²) in [6, 6.07) is 8.25. The molecule has 8 nitrogen and oxygen atoms in total. The first kappa shape index (κ1) is 22.6. The predicted molar refractivity (Wildman–Crippen MR) is 126 cm³/mol. The van der Waals surface area contributed by atoms with Gasteiger partial charge in [0, 0.05) is 62.5 Å². The van der Waals surface area contributed by atoms with E-state index in [1.54, 1.807) is 25.7 Å². The number of urea groups is 1. The van der Waals surface area contributed by atoms with Gasteiger partial charge in [-0.05, 0) is 49.6 Å². The van der Waals surface area contributed by atoms with Crippen molar-refractivity contribution in [1.82, 2.24) is 15.2 Å². The van der Waals surface area contributed by atoms with Crippen LogP contribution in [0.2, 0.25) is 0 Å². The summed E-state index contributed by atoms with van der Waals surface area (Å²) in [4.78, 5) is 26.9. The maximum atomic E-state index is 12.7. The summed E-state index contributed by atoms with van der Waals surface area (Å²) in [7, 11) is 1.70. The van der Waals surface area contributed by atoms with Gasteiger partial charge in [0.15, 0.2) is 0 Å². The molecule has 1 aliphatic rings. The van der Waals surface area contributed by atoms with Gasteiger partial charge in [0.25, 0.3) is 0 Å². The first-order valence-corrected chi connectivity index (χ1v) is 10.4. The zero-order valence-electron chi connectivity index (χ0n) is 18.2. The highest BCUT2D eigenvalue weighted by atomic mass is 16.5. The van der Waals surface area contributed by atoms with Gasteiger partial charge in [-0.2, -0.15) is 0 Å². The monoisotopic (exact) mass is 422 g/mol. The third-order valence-corrected chi connectivity index (χ3v) is 5.34. The lowest BCUT2D eigenvalue weighted by Gasteiger charge is -2.32. The van der Waals surface area contributed by atoms with Crippen LogP contribution in [0.5, 0.6) is 0 Å². The molecule has 3 rings (SSSR count). The standard InChI is InChI=1S/C23H30N6O2/c1-17(25-9-8-24-2)18-4-5-19-16-27-22(15-20(19)14-18)28-23(30)29-11-6-21(7-12-29)26-10-13-31-3/h4-5,8-9,14-16,21,26H,2,6-7,10-13H2,1,3H3,(H,27,28,30)/b9-8-,25-17+. The van der Waals surface area contributed by atoms with E-state index in [-0.39, 0.29) is 6.03 Å². The van der Waals surface area contributed by atoms with Gasteiger partial charge in [-0.3, -0.25) is 15.3 Å². The number of hydrogen-bond acceptors (Lipinski definition) is 6. The van der Waals surface area contributed by atoms with Crippen molar-refractivity contribution in [3.05, 3.63) is 48.4 Å². The third-order valence-electron chi connectivity index (χ3n) is 5.34. The summed E-state index contributed by atoms with van der Waals surface area (Å²) >= 11 is 0. The minimum Gasteiger partial charge on any atom is -0.383 e. The Balaban J connectivity index is 1.62. The molecular weight excluding hydrogens is 392 g/mol.